The van der Waals surface area contributed by atoms with E-state index in [1.165, 1.54) is 6.20 Å². The van der Waals surface area contributed by atoms with Crippen molar-refractivity contribution in [2.45, 2.75) is 6.61 Å². The van der Waals surface area contributed by atoms with Gasteiger partial charge >= 0.3 is 0 Å². The van der Waals surface area contributed by atoms with Crippen LogP contribution in [0.25, 0.3) is 0 Å². The smallest absolute Gasteiger partial charge is 0.195 e. The highest BCUT2D eigenvalue weighted by Gasteiger charge is 2.12. The third-order valence-corrected chi connectivity index (χ3v) is 3.44. The maximum Gasteiger partial charge on any atom is 0.195 e. The predicted molar refractivity (Wildman–Crippen MR) is 89.3 cm³/mol. The fraction of sp³-hybridized carbons (Fsp3) is 0.0526. The van der Waals surface area contributed by atoms with Gasteiger partial charge in [-0.2, -0.15) is 0 Å². The van der Waals surface area contributed by atoms with Gasteiger partial charge in [0.1, 0.15) is 12.4 Å². The summed E-state index contributed by atoms with van der Waals surface area (Å²) in [5, 5.41) is 0. The van der Waals surface area contributed by atoms with Crippen molar-refractivity contribution in [3.63, 3.8) is 0 Å². The summed E-state index contributed by atoms with van der Waals surface area (Å²) in [6, 6.07) is 18.6. The van der Waals surface area contributed by atoms with E-state index in [9.17, 15) is 4.79 Å². The Morgan fingerprint density at radius 1 is 1.04 bits per heavy atom. The third kappa shape index (κ3) is 3.55. The molecule has 4 heteroatoms. The van der Waals surface area contributed by atoms with E-state index in [1.807, 2.05) is 36.4 Å². The average molecular weight is 304 g/mol. The predicted octanol–water partition coefficient (Wildman–Crippen LogP) is 3.47. The van der Waals surface area contributed by atoms with Gasteiger partial charge in [-0.05, 0) is 23.8 Å². The van der Waals surface area contributed by atoms with Gasteiger partial charge in [0.15, 0.2) is 5.78 Å². The Labute approximate surface area is 134 Å². The number of anilines is 1. The number of nitrogen functional groups attached to an aromatic ring is 1. The first-order valence-electron chi connectivity index (χ1n) is 7.25. The Hall–Kier alpha value is -3.14. The summed E-state index contributed by atoms with van der Waals surface area (Å²) in [4.78, 5) is 16.4. The van der Waals surface area contributed by atoms with Crippen molar-refractivity contribution in [3.05, 3.63) is 89.7 Å². The Balaban J connectivity index is 1.77. The zero-order valence-electron chi connectivity index (χ0n) is 12.5. The van der Waals surface area contributed by atoms with E-state index in [4.69, 9.17) is 10.5 Å². The minimum Gasteiger partial charge on any atom is -0.489 e. The summed E-state index contributed by atoms with van der Waals surface area (Å²) in [5.74, 6) is 0.502. The molecule has 1 aromatic heterocycles. The lowest BCUT2D eigenvalue weighted by Crippen LogP contribution is -2.06. The van der Waals surface area contributed by atoms with Gasteiger partial charge in [0, 0.05) is 17.3 Å². The van der Waals surface area contributed by atoms with Crippen molar-refractivity contribution in [1.29, 1.82) is 0 Å². The normalized spacial score (nSPS) is 10.3. The topological polar surface area (TPSA) is 65.2 Å². The molecule has 114 valence electrons. The second kappa shape index (κ2) is 6.75. The molecule has 23 heavy (non-hydrogen) atoms. The van der Waals surface area contributed by atoms with Crippen molar-refractivity contribution < 1.29 is 9.53 Å². The molecule has 2 aromatic carbocycles. The van der Waals surface area contributed by atoms with Crippen LogP contribution < -0.4 is 10.5 Å². The van der Waals surface area contributed by atoms with E-state index in [-0.39, 0.29) is 5.78 Å². The highest BCUT2D eigenvalue weighted by molar-refractivity contribution is 6.12. The van der Waals surface area contributed by atoms with Crippen LogP contribution in [-0.2, 0) is 6.61 Å². The molecular weight excluding hydrogens is 288 g/mol. The first-order valence-corrected chi connectivity index (χ1v) is 7.25. The standard InChI is InChI=1S/C19H16N2O2/c20-18-12-21-10-9-17(18)19(22)15-7-4-8-16(11-15)23-13-14-5-2-1-3-6-14/h1-12H,13,20H2. The molecule has 3 rings (SSSR count). The fourth-order valence-electron chi connectivity index (χ4n) is 2.24. The maximum absolute atomic E-state index is 12.5. The Kier molecular flexibility index (Phi) is 4.34. The minimum atomic E-state index is -0.143. The first kappa shape index (κ1) is 14.8. The average Bonchev–Trinajstić information content (AvgIpc) is 2.61. The molecule has 0 amide bonds. The number of nitrogens with two attached hydrogens (primary N) is 1. The summed E-state index contributed by atoms with van der Waals surface area (Å²) < 4.78 is 5.75. The summed E-state index contributed by atoms with van der Waals surface area (Å²) in [6.07, 6.45) is 3.03. The number of rotatable bonds is 5. The van der Waals surface area contributed by atoms with Crippen molar-refractivity contribution in [2.24, 2.45) is 0 Å². The van der Waals surface area contributed by atoms with E-state index in [0.717, 1.165) is 5.56 Å². The summed E-state index contributed by atoms with van der Waals surface area (Å²) in [7, 11) is 0. The lowest BCUT2D eigenvalue weighted by Gasteiger charge is -2.08. The van der Waals surface area contributed by atoms with Crippen LogP contribution in [0, 0.1) is 0 Å². The molecule has 0 spiro atoms. The van der Waals surface area contributed by atoms with Crippen molar-refractivity contribution in [3.8, 4) is 5.75 Å². The number of ketones is 1. The monoisotopic (exact) mass is 304 g/mol. The van der Waals surface area contributed by atoms with Gasteiger partial charge in [0.2, 0.25) is 0 Å². The Morgan fingerprint density at radius 3 is 2.65 bits per heavy atom. The van der Waals surface area contributed by atoms with Gasteiger partial charge < -0.3 is 10.5 Å². The summed E-state index contributed by atoms with van der Waals surface area (Å²) >= 11 is 0. The zero-order chi connectivity index (χ0) is 16.1. The number of hydrogen-bond acceptors (Lipinski definition) is 4. The minimum absolute atomic E-state index is 0.143. The number of benzene rings is 2. The molecule has 0 atom stereocenters. The van der Waals surface area contributed by atoms with Gasteiger partial charge in [-0.15, -0.1) is 0 Å². The summed E-state index contributed by atoms with van der Waals surface area (Å²) in [5.41, 5.74) is 8.24. The molecule has 3 aromatic rings. The molecular formula is C19H16N2O2. The number of carbonyl (C=O) groups is 1. The van der Waals surface area contributed by atoms with Crippen LogP contribution in [0.5, 0.6) is 5.75 Å². The molecule has 0 aliphatic rings. The first-order chi connectivity index (χ1) is 11.2. The van der Waals surface area contributed by atoms with Crippen LogP contribution in [0.3, 0.4) is 0 Å². The van der Waals surface area contributed by atoms with Gasteiger partial charge in [-0.1, -0.05) is 42.5 Å². The van der Waals surface area contributed by atoms with Crippen LogP contribution in [0.4, 0.5) is 5.69 Å². The second-order valence-corrected chi connectivity index (χ2v) is 5.09. The molecule has 0 fully saturated rings. The highest BCUT2D eigenvalue weighted by atomic mass is 16.5. The lowest BCUT2D eigenvalue weighted by molar-refractivity contribution is 0.103. The molecule has 0 aliphatic heterocycles. The van der Waals surface area contributed by atoms with Crippen molar-refractivity contribution in [1.82, 2.24) is 4.98 Å². The van der Waals surface area contributed by atoms with E-state index in [2.05, 4.69) is 4.98 Å². The molecule has 0 saturated heterocycles. The van der Waals surface area contributed by atoms with E-state index in [0.29, 0.717) is 29.2 Å². The molecule has 1 heterocycles. The number of ether oxygens (including phenoxy) is 1. The SMILES string of the molecule is Nc1cnccc1C(=O)c1cccc(OCc2ccccc2)c1. The lowest BCUT2D eigenvalue weighted by atomic mass is 10.0. The number of carbonyl (C=O) groups excluding carboxylic acids is 1. The van der Waals surface area contributed by atoms with Gasteiger partial charge in [0.05, 0.1) is 11.9 Å². The van der Waals surface area contributed by atoms with E-state index >= 15 is 0 Å². The van der Waals surface area contributed by atoms with Crippen LogP contribution in [0.15, 0.2) is 73.1 Å². The van der Waals surface area contributed by atoms with Gasteiger partial charge in [-0.25, -0.2) is 0 Å². The number of aromatic nitrogens is 1. The van der Waals surface area contributed by atoms with Gasteiger partial charge in [0.25, 0.3) is 0 Å². The highest BCUT2D eigenvalue weighted by Crippen LogP contribution is 2.20. The Bertz CT molecular complexity index is 816. The second-order valence-electron chi connectivity index (χ2n) is 5.09. The molecule has 2 N–H and O–H groups in total. The quantitative estimate of drug-likeness (QED) is 0.733. The van der Waals surface area contributed by atoms with Crippen LogP contribution in [-0.4, -0.2) is 10.8 Å². The molecule has 0 bridgehead atoms. The largest absolute Gasteiger partial charge is 0.489 e. The third-order valence-electron chi connectivity index (χ3n) is 3.44. The van der Waals surface area contributed by atoms with Crippen molar-refractivity contribution >= 4 is 11.5 Å². The summed E-state index contributed by atoms with van der Waals surface area (Å²) in [6.45, 7) is 0.454. The molecule has 0 radical (unpaired) electrons. The molecule has 0 unspecified atom stereocenters. The van der Waals surface area contributed by atoms with Crippen LogP contribution in [0.2, 0.25) is 0 Å². The Morgan fingerprint density at radius 2 is 1.87 bits per heavy atom. The van der Waals surface area contributed by atoms with Crippen molar-refractivity contribution in [2.75, 3.05) is 5.73 Å². The molecule has 4 nitrogen and oxygen atoms in total. The fourth-order valence-corrected chi connectivity index (χ4v) is 2.24. The van der Waals surface area contributed by atoms with Crippen LogP contribution >= 0.6 is 0 Å². The number of nitrogens with zero attached hydrogens (tertiary/aromatic N) is 1. The maximum atomic E-state index is 12.5. The van der Waals surface area contributed by atoms with Crippen LogP contribution in [0.1, 0.15) is 21.5 Å². The molecule has 0 aliphatic carbocycles. The number of pyridine rings is 1. The van der Waals surface area contributed by atoms with E-state index < -0.39 is 0 Å². The van der Waals surface area contributed by atoms with E-state index in [1.54, 1.807) is 30.5 Å². The number of hydrogen-bond donors (Lipinski definition) is 1. The molecule has 0 saturated carbocycles. The zero-order valence-corrected chi connectivity index (χ0v) is 12.5. The van der Waals surface area contributed by atoms with Gasteiger partial charge in [-0.3, -0.25) is 9.78 Å².